The molecule has 4 nitrogen and oxygen atoms in total. The molecule has 1 rings (SSSR count). The van der Waals surface area contributed by atoms with Crippen LogP contribution in [-0.2, 0) is 11.3 Å². The Bertz CT molecular complexity index is 394. The van der Waals surface area contributed by atoms with Crippen molar-refractivity contribution in [1.29, 1.82) is 0 Å². The predicted octanol–water partition coefficient (Wildman–Crippen LogP) is 2.18. The van der Waals surface area contributed by atoms with Crippen LogP contribution in [0.2, 0.25) is 0 Å². The summed E-state index contributed by atoms with van der Waals surface area (Å²) in [6.45, 7) is 5.66. The van der Waals surface area contributed by atoms with Crippen molar-refractivity contribution < 1.29 is 9.47 Å². The van der Waals surface area contributed by atoms with Crippen molar-refractivity contribution in [2.75, 3.05) is 27.9 Å². The number of methoxy groups -OCH3 is 2. The van der Waals surface area contributed by atoms with Gasteiger partial charge in [-0.25, -0.2) is 0 Å². The highest BCUT2D eigenvalue weighted by Crippen LogP contribution is 2.24. The third-order valence-electron chi connectivity index (χ3n) is 3.41. The number of nitrogens with two attached hydrogens (primary N) is 1. The van der Waals surface area contributed by atoms with E-state index in [2.05, 4.69) is 24.9 Å². The second-order valence-electron chi connectivity index (χ2n) is 5.08. The second kappa shape index (κ2) is 7.48. The van der Waals surface area contributed by atoms with E-state index in [0.29, 0.717) is 12.6 Å². The molecule has 0 saturated heterocycles. The fraction of sp³-hybridized carbons (Fsp3) is 0.600. The topological polar surface area (TPSA) is 47.7 Å². The second-order valence-corrected chi connectivity index (χ2v) is 5.08. The van der Waals surface area contributed by atoms with Crippen molar-refractivity contribution in [1.82, 2.24) is 4.90 Å². The molecule has 2 atom stereocenters. The highest BCUT2D eigenvalue weighted by Gasteiger charge is 2.13. The molecule has 0 aliphatic carbocycles. The number of hydrogen-bond acceptors (Lipinski definition) is 4. The predicted molar refractivity (Wildman–Crippen MR) is 78.4 cm³/mol. The fourth-order valence-electron chi connectivity index (χ4n) is 2.00. The Labute approximate surface area is 116 Å². The third-order valence-corrected chi connectivity index (χ3v) is 3.41. The Kier molecular flexibility index (Phi) is 6.28. The molecule has 2 N–H and O–H groups in total. The average Bonchev–Trinajstić information content (AvgIpc) is 2.38. The normalized spacial score (nSPS) is 14.5. The first-order chi connectivity index (χ1) is 8.99. The zero-order valence-corrected chi connectivity index (χ0v) is 12.6. The van der Waals surface area contributed by atoms with Gasteiger partial charge in [0, 0.05) is 31.3 Å². The number of hydrogen-bond donors (Lipinski definition) is 1. The lowest BCUT2D eigenvalue weighted by Gasteiger charge is -2.25. The molecule has 4 heteroatoms. The van der Waals surface area contributed by atoms with Crippen LogP contribution in [0.15, 0.2) is 18.2 Å². The van der Waals surface area contributed by atoms with Gasteiger partial charge in [-0.1, -0.05) is 6.07 Å². The van der Waals surface area contributed by atoms with Gasteiger partial charge in [-0.15, -0.1) is 0 Å². The monoisotopic (exact) mass is 266 g/mol. The molecule has 0 radical (unpaired) electrons. The largest absolute Gasteiger partial charge is 0.496 e. The summed E-state index contributed by atoms with van der Waals surface area (Å²) in [5.74, 6) is 0.904. The van der Waals surface area contributed by atoms with Gasteiger partial charge in [-0.05, 0) is 38.6 Å². The summed E-state index contributed by atoms with van der Waals surface area (Å²) in [6.07, 6.45) is 0. The van der Waals surface area contributed by atoms with E-state index >= 15 is 0 Å². The van der Waals surface area contributed by atoms with E-state index in [-0.39, 0.29) is 6.04 Å². The lowest BCUT2D eigenvalue weighted by Crippen LogP contribution is -2.32. The first kappa shape index (κ1) is 16.0. The Morgan fingerprint density at radius 1 is 1.26 bits per heavy atom. The van der Waals surface area contributed by atoms with Gasteiger partial charge in [0.15, 0.2) is 0 Å². The molecule has 0 spiro atoms. The quantitative estimate of drug-likeness (QED) is 0.822. The Morgan fingerprint density at radius 2 is 1.95 bits per heavy atom. The van der Waals surface area contributed by atoms with Crippen molar-refractivity contribution in [2.45, 2.75) is 32.5 Å². The van der Waals surface area contributed by atoms with Gasteiger partial charge in [-0.3, -0.25) is 4.90 Å². The SMILES string of the molecule is COCC(C)N(C)Cc1cc(C(C)N)ccc1OC. The standard InChI is InChI=1S/C15H26N2O2/c1-11(10-18-4)17(3)9-14-8-13(12(2)16)6-7-15(14)19-5/h6-8,11-12H,9-10,16H2,1-5H3. The molecule has 0 aliphatic heterocycles. The van der Waals surface area contributed by atoms with Crippen LogP contribution in [0.25, 0.3) is 0 Å². The third kappa shape index (κ3) is 4.49. The van der Waals surface area contributed by atoms with E-state index in [1.807, 2.05) is 19.1 Å². The van der Waals surface area contributed by atoms with E-state index in [9.17, 15) is 0 Å². The van der Waals surface area contributed by atoms with Crippen LogP contribution in [0.4, 0.5) is 0 Å². The summed E-state index contributed by atoms with van der Waals surface area (Å²) in [5, 5.41) is 0. The maximum Gasteiger partial charge on any atom is 0.123 e. The highest BCUT2D eigenvalue weighted by molar-refractivity contribution is 5.38. The lowest BCUT2D eigenvalue weighted by molar-refractivity contribution is 0.111. The van der Waals surface area contributed by atoms with Crippen LogP contribution in [0.1, 0.15) is 31.0 Å². The van der Waals surface area contributed by atoms with Gasteiger partial charge in [0.05, 0.1) is 13.7 Å². The molecule has 0 bridgehead atoms. The molecule has 2 unspecified atom stereocenters. The van der Waals surface area contributed by atoms with Gasteiger partial charge in [0.1, 0.15) is 5.75 Å². The Morgan fingerprint density at radius 3 is 2.47 bits per heavy atom. The summed E-state index contributed by atoms with van der Waals surface area (Å²) in [6, 6.07) is 6.52. The molecule has 1 aromatic rings. The van der Waals surface area contributed by atoms with Crippen molar-refractivity contribution >= 4 is 0 Å². The summed E-state index contributed by atoms with van der Waals surface area (Å²) in [7, 11) is 5.51. The first-order valence-electron chi connectivity index (χ1n) is 6.61. The van der Waals surface area contributed by atoms with Crippen LogP contribution in [0.5, 0.6) is 5.75 Å². The minimum atomic E-state index is 0.0337. The average molecular weight is 266 g/mol. The zero-order chi connectivity index (χ0) is 14.4. The van der Waals surface area contributed by atoms with Crippen molar-refractivity contribution in [3.05, 3.63) is 29.3 Å². The van der Waals surface area contributed by atoms with Gasteiger partial charge >= 0.3 is 0 Å². The summed E-state index contributed by atoms with van der Waals surface area (Å²) in [5.41, 5.74) is 8.22. The van der Waals surface area contributed by atoms with Gasteiger partial charge < -0.3 is 15.2 Å². The minimum Gasteiger partial charge on any atom is -0.496 e. The molecule has 0 aromatic heterocycles. The van der Waals surface area contributed by atoms with Crippen molar-refractivity contribution in [2.24, 2.45) is 5.73 Å². The summed E-state index contributed by atoms with van der Waals surface area (Å²) in [4.78, 5) is 2.24. The molecule has 0 saturated carbocycles. The van der Waals surface area contributed by atoms with Crippen molar-refractivity contribution in [3.8, 4) is 5.75 Å². The molecule has 0 heterocycles. The number of rotatable bonds is 7. The summed E-state index contributed by atoms with van der Waals surface area (Å²) < 4.78 is 10.6. The molecule has 1 aromatic carbocycles. The van der Waals surface area contributed by atoms with Gasteiger partial charge in [0.25, 0.3) is 0 Å². The zero-order valence-electron chi connectivity index (χ0n) is 12.6. The Balaban J connectivity index is 2.88. The number of benzene rings is 1. The van der Waals surface area contributed by atoms with E-state index in [1.165, 1.54) is 0 Å². The van der Waals surface area contributed by atoms with Crippen LogP contribution < -0.4 is 10.5 Å². The minimum absolute atomic E-state index is 0.0337. The van der Waals surface area contributed by atoms with E-state index < -0.39 is 0 Å². The number of nitrogens with zero attached hydrogens (tertiary/aromatic N) is 1. The highest BCUT2D eigenvalue weighted by atomic mass is 16.5. The molecule has 108 valence electrons. The number of likely N-dealkylation sites (N-methyl/N-ethyl adjacent to an activating group) is 1. The van der Waals surface area contributed by atoms with Crippen LogP contribution in [0.3, 0.4) is 0 Å². The molecular formula is C15H26N2O2. The van der Waals surface area contributed by atoms with E-state index in [4.69, 9.17) is 15.2 Å². The lowest BCUT2D eigenvalue weighted by atomic mass is 10.0. The van der Waals surface area contributed by atoms with Gasteiger partial charge in [0.2, 0.25) is 0 Å². The smallest absolute Gasteiger partial charge is 0.123 e. The fourth-order valence-corrected chi connectivity index (χ4v) is 2.00. The molecule has 0 aliphatic rings. The maximum absolute atomic E-state index is 5.94. The van der Waals surface area contributed by atoms with E-state index in [0.717, 1.165) is 23.4 Å². The van der Waals surface area contributed by atoms with Crippen molar-refractivity contribution in [3.63, 3.8) is 0 Å². The van der Waals surface area contributed by atoms with Crippen LogP contribution in [0, 0.1) is 0 Å². The first-order valence-corrected chi connectivity index (χ1v) is 6.61. The Hall–Kier alpha value is -1.10. The number of ether oxygens (including phenoxy) is 2. The summed E-state index contributed by atoms with van der Waals surface area (Å²) >= 11 is 0. The van der Waals surface area contributed by atoms with Crippen LogP contribution >= 0.6 is 0 Å². The maximum atomic E-state index is 5.94. The van der Waals surface area contributed by atoms with E-state index in [1.54, 1.807) is 14.2 Å². The molecular weight excluding hydrogens is 240 g/mol. The molecule has 0 amide bonds. The van der Waals surface area contributed by atoms with Crippen LogP contribution in [-0.4, -0.2) is 38.8 Å². The molecule has 0 fully saturated rings. The molecule has 19 heavy (non-hydrogen) atoms. The van der Waals surface area contributed by atoms with Gasteiger partial charge in [-0.2, -0.15) is 0 Å².